The summed E-state index contributed by atoms with van der Waals surface area (Å²) in [7, 11) is 0. The minimum absolute atomic E-state index is 0.0461. The lowest BCUT2D eigenvalue weighted by molar-refractivity contribution is -0.183. The fourth-order valence-electron chi connectivity index (χ4n) is 2.30. The van der Waals surface area contributed by atoms with Crippen LogP contribution < -0.4 is 5.32 Å². The number of rotatable bonds is 6. The molecule has 0 aromatic heterocycles. The highest BCUT2D eigenvalue weighted by molar-refractivity contribution is 5.74. The Morgan fingerprint density at radius 2 is 1.76 bits per heavy atom. The second kappa shape index (κ2) is 8.09. The highest BCUT2D eigenvalue weighted by atomic mass is 19.4. The van der Waals surface area contributed by atoms with Gasteiger partial charge in [0.15, 0.2) is 0 Å². The number of urea groups is 1. The number of amides is 2. The molecule has 5 nitrogen and oxygen atoms in total. The van der Waals surface area contributed by atoms with E-state index in [1.54, 1.807) is 0 Å². The fraction of sp³-hybridized carbons (Fsp3) is 0.846. The first-order chi connectivity index (χ1) is 9.80. The maximum Gasteiger partial charge on any atom is 0.391 e. The molecule has 1 fully saturated rings. The predicted molar refractivity (Wildman–Crippen MR) is 69.9 cm³/mol. The average molecular weight is 310 g/mol. The van der Waals surface area contributed by atoms with Crippen LogP contribution in [0.25, 0.3) is 0 Å². The third-order valence-corrected chi connectivity index (χ3v) is 3.59. The molecule has 0 radical (unpaired) electrons. The van der Waals surface area contributed by atoms with E-state index in [0.29, 0.717) is 25.8 Å². The van der Waals surface area contributed by atoms with E-state index in [-0.39, 0.29) is 38.4 Å². The number of likely N-dealkylation sites (tertiary alicyclic amines) is 1. The molecule has 0 spiro atoms. The number of alkyl halides is 3. The monoisotopic (exact) mass is 310 g/mol. The van der Waals surface area contributed by atoms with Crippen molar-refractivity contribution >= 4 is 12.0 Å². The molecule has 122 valence electrons. The molecule has 1 saturated heterocycles. The molecule has 1 heterocycles. The Kier molecular flexibility index (Phi) is 6.77. The number of unbranched alkanes of at least 4 members (excludes halogenated alkanes) is 2. The smallest absolute Gasteiger partial charge is 0.391 e. The van der Waals surface area contributed by atoms with Crippen LogP contribution in [-0.4, -0.2) is 47.8 Å². The van der Waals surface area contributed by atoms with Crippen molar-refractivity contribution in [3.05, 3.63) is 0 Å². The van der Waals surface area contributed by atoms with E-state index in [1.165, 1.54) is 4.90 Å². The SMILES string of the molecule is O=C(O)CCCCCNC(=O)N1CCC(C(F)(F)F)CC1. The molecule has 8 heteroatoms. The van der Waals surface area contributed by atoms with Crippen molar-refractivity contribution in [3.63, 3.8) is 0 Å². The van der Waals surface area contributed by atoms with Gasteiger partial charge < -0.3 is 15.3 Å². The maximum absolute atomic E-state index is 12.5. The number of hydrogen-bond donors (Lipinski definition) is 2. The van der Waals surface area contributed by atoms with Gasteiger partial charge in [0.1, 0.15) is 0 Å². The summed E-state index contributed by atoms with van der Waals surface area (Å²) in [5.74, 6) is -2.15. The summed E-state index contributed by atoms with van der Waals surface area (Å²) < 4.78 is 37.5. The second-order valence-corrected chi connectivity index (χ2v) is 5.24. The van der Waals surface area contributed by atoms with Crippen LogP contribution in [0, 0.1) is 5.92 Å². The number of piperidine rings is 1. The Hall–Kier alpha value is -1.47. The Morgan fingerprint density at radius 3 is 2.29 bits per heavy atom. The Balaban J connectivity index is 2.13. The van der Waals surface area contributed by atoms with Crippen molar-refractivity contribution in [2.45, 2.75) is 44.7 Å². The first-order valence-electron chi connectivity index (χ1n) is 7.12. The molecule has 0 aliphatic carbocycles. The molecule has 0 aromatic carbocycles. The fourth-order valence-corrected chi connectivity index (χ4v) is 2.30. The lowest BCUT2D eigenvalue weighted by Crippen LogP contribution is -2.46. The molecule has 0 atom stereocenters. The molecule has 21 heavy (non-hydrogen) atoms. The lowest BCUT2D eigenvalue weighted by atomic mass is 9.96. The van der Waals surface area contributed by atoms with E-state index >= 15 is 0 Å². The van der Waals surface area contributed by atoms with Crippen molar-refractivity contribution in [2.24, 2.45) is 5.92 Å². The summed E-state index contributed by atoms with van der Waals surface area (Å²) in [6, 6.07) is -0.339. The molecule has 1 aliphatic rings. The van der Waals surface area contributed by atoms with Crippen LogP contribution in [0.15, 0.2) is 0 Å². The van der Waals surface area contributed by atoms with E-state index in [4.69, 9.17) is 5.11 Å². The van der Waals surface area contributed by atoms with Crippen LogP contribution in [0.4, 0.5) is 18.0 Å². The molecular formula is C13H21F3N2O3. The van der Waals surface area contributed by atoms with Crippen molar-refractivity contribution < 1.29 is 27.9 Å². The van der Waals surface area contributed by atoms with Crippen molar-refractivity contribution in [1.82, 2.24) is 10.2 Å². The van der Waals surface area contributed by atoms with Gasteiger partial charge in [-0.25, -0.2) is 4.79 Å². The van der Waals surface area contributed by atoms with Gasteiger partial charge in [-0.05, 0) is 25.7 Å². The second-order valence-electron chi connectivity index (χ2n) is 5.24. The van der Waals surface area contributed by atoms with E-state index in [9.17, 15) is 22.8 Å². The van der Waals surface area contributed by atoms with Gasteiger partial charge in [-0.15, -0.1) is 0 Å². The van der Waals surface area contributed by atoms with Crippen LogP contribution in [0.3, 0.4) is 0 Å². The van der Waals surface area contributed by atoms with Gasteiger partial charge in [0.05, 0.1) is 5.92 Å². The molecule has 1 aliphatic heterocycles. The highest BCUT2D eigenvalue weighted by Gasteiger charge is 2.41. The summed E-state index contributed by atoms with van der Waals surface area (Å²) in [4.78, 5) is 23.4. The van der Waals surface area contributed by atoms with Crippen molar-refractivity contribution in [3.8, 4) is 0 Å². The third kappa shape index (κ3) is 6.68. The molecule has 0 aromatic rings. The van der Waals surface area contributed by atoms with Crippen molar-refractivity contribution in [2.75, 3.05) is 19.6 Å². The van der Waals surface area contributed by atoms with Crippen LogP contribution in [0.2, 0.25) is 0 Å². The van der Waals surface area contributed by atoms with E-state index in [2.05, 4.69) is 5.32 Å². The van der Waals surface area contributed by atoms with Crippen molar-refractivity contribution in [1.29, 1.82) is 0 Å². The molecule has 2 N–H and O–H groups in total. The Labute approximate surface area is 121 Å². The van der Waals surface area contributed by atoms with Gasteiger partial charge >= 0.3 is 18.2 Å². The molecule has 2 amide bonds. The minimum atomic E-state index is -4.17. The zero-order valence-electron chi connectivity index (χ0n) is 11.8. The number of carbonyl (C=O) groups is 2. The van der Waals surface area contributed by atoms with Gasteiger partial charge in [-0.1, -0.05) is 6.42 Å². The number of aliphatic carboxylic acids is 1. The minimum Gasteiger partial charge on any atom is -0.481 e. The Morgan fingerprint density at radius 1 is 1.14 bits per heavy atom. The molecule has 1 rings (SSSR count). The first-order valence-corrected chi connectivity index (χ1v) is 7.12. The normalized spacial score (nSPS) is 16.8. The standard InChI is InChI=1S/C13H21F3N2O3/c14-13(15,16)10-5-8-18(9-6-10)12(21)17-7-3-1-2-4-11(19)20/h10H,1-9H2,(H,17,21)(H,19,20). The number of nitrogens with zero attached hydrogens (tertiary/aromatic N) is 1. The topological polar surface area (TPSA) is 69.6 Å². The highest BCUT2D eigenvalue weighted by Crippen LogP contribution is 2.33. The molecule has 0 bridgehead atoms. The Bertz CT molecular complexity index is 353. The summed E-state index contributed by atoms with van der Waals surface area (Å²) in [5, 5.41) is 11.1. The van der Waals surface area contributed by atoms with Gasteiger partial charge in [-0.3, -0.25) is 4.79 Å². The number of nitrogens with one attached hydrogen (secondary N) is 1. The number of carboxylic acid groups (broad SMARTS) is 1. The first kappa shape index (κ1) is 17.6. The molecular weight excluding hydrogens is 289 g/mol. The van der Waals surface area contributed by atoms with E-state index in [1.807, 2.05) is 0 Å². The largest absolute Gasteiger partial charge is 0.481 e. The van der Waals surface area contributed by atoms with Gasteiger partial charge in [0, 0.05) is 26.1 Å². The van der Waals surface area contributed by atoms with Crippen LogP contribution in [0.5, 0.6) is 0 Å². The zero-order chi connectivity index (χ0) is 15.9. The zero-order valence-corrected chi connectivity index (χ0v) is 11.8. The number of carbonyl (C=O) groups excluding carboxylic acids is 1. The number of carboxylic acids is 1. The summed E-state index contributed by atoms with van der Waals surface area (Å²) in [6.07, 6.45) is -2.24. The van der Waals surface area contributed by atoms with Gasteiger partial charge in [-0.2, -0.15) is 13.2 Å². The van der Waals surface area contributed by atoms with E-state index in [0.717, 1.165) is 0 Å². The van der Waals surface area contributed by atoms with Crippen LogP contribution >= 0.6 is 0 Å². The van der Waals surface area contributed by atoms with Crippen LogP contribution in [0.1, 0.15) is 38.5 Å². The number of hydrogen-bond acceptors (Lipinski definition) is 2. The lowest BCUT2D eigenvalue weighted by Gasteiger charge is -2.32. The van der Waals surface area contributed by atoms with Crippen LogP contribution in [-0.2, 0) is 4.79 Å². The number of halogens is 3. The van der Waals surface area contributed by atoms with Gasteiger partial charge in [0.25, 0.3) is 0 Å². The maximum atomic E-state index is 12.5. The van der Waals surface area contributed by atoms with E-state index < -0.39 is 18.1 Å². The summed E-state index contributed by atoms with van der Waals surface area (Å²) in [5.41, 5.74) is 0. The molecule has 0 saturated carbocycles. The summed E-state index contributed by atoms with van der Waals surface area (Å²) in [6.45, 7) is 0.654. The average Bonchev–Trinajstić information content (AvgIpc) is 2.41. The molecule has 0 unspecified atom stereocenters. The third-order valence-electron chi connectivity index (χ3n) is 3.59. The van der Waals surface area contributed by atoms with Gasteiger partial charge in [0.2, 0.25) is 0 Å². The quantitative estimate of drug-likeness (QED) is 0.741. The predicted octanol–water partition coefficient (Wildman–Crippen LogP) is 2.62. The summed E-state index contributed by atoms with van der Waals surface area (Å²) >= 11 is 0.